The molecular formula is C13H22N4O3S. The van der Waals surface area contributed by atoms with Crippen LogP contribution >= 0.6 is 0 Å². The molecule has 1 aliphatic rings. The summed E-state index contributed by atoms with van der Waals surface area (Å²) in [6.07, 6.45) is -0.113. The molecule has 8 heteroatoms. The van der Waals surface area contributed by atoms with Crippen LogP contribution in [-0.2, 0) is 14.8 Å². The van der Waals surface area contributed by atoms with Crippen LogP contribution in [0, 0.1) is 0 Å². The van der Waals surface area contributed by atoms with E-state index in [1.54, 1.807) is 12.1 Å². The smallest absolute Gasteiger partial charge is 0.240 e. The lowest BCUT2D eigenvalue weighted by Crippen LogP contribution is -2.47. The molecule has 1 fully saturated rings. The zero-order valence-corrected chi connectivity index (χ0v) is 12.9. The number of hydrogen-bond acceptors (Lipinski definition) is 6. The number of likely N-dealkylation sites (N-methyl/N-ethyl adjacent to an activating group) is 1. The molecule has 118 valence electrons. The van der Waals surface area contributed by atoms with Crippen molar-refractivity contribution in [2.75, 3.05) is 38.2 Å². The number of benzene rings is 1. The van der Waals surface area contributed by atoms with Crippen LogP contribution in [0.5, 0.6) is 0 Å². The molecule has 0 aromatic heterocycles. The van der Waals surface area contributed by atoms with Crippen molar-refractivity contribution in [3.63, 3.8) is 0 Å². The Morgan fingerprint density at radius 1 is 1.38 bits per heavy atom. The molecule has 21 heavy (non-hydrogen) atoms. The van der Waals surface area contributed by atoms with E-state index in [9.17, 15) is 8.42 Å². The number of rotatable bonds is 6. The van der Waals surface area contributed by atoms with Crippen molar-refractivity contribution in [2.24, 2.45) is 5.84 Å². The minimum Gasteiger partial charge on any atom is -0.374 e. The van der Waals surface area contributed by atoms with Crippen LogP contribution in [0.25, 0.3) is 0 Å². The fourth-order valence-electron chi connectivity index (χ4n) is 2.21. The minimum absolute atomic E-state index is 0.113. The van der Waals surface area contributed by atoms with Crippen molar-refractivity contribution in [2.45, 2.75) is 17.9 Å². The summed E-state index contributed by atoms with van der Waals surface area (Å²) in [5.74, 6) is 5.26. The fraction of sp³-hybridized carbons (Fsp3) is 0.538. The second-order valence-corrected chi connectivity index (χ2v) is 6.67. The SMILES string of the molecule is CCN1CCOC(CNS(=O)(=O)c2ccc(NN)cc2)C1. The van der Waals surface area contributed by atoms with Gasteiger partial charge in [-0.1, -0.05) is 6.92 Å². The third-order valence-electron chi connectivity index (χ3n) is 3.50. The fourth-order valence-corrected chi connectivity index (χ4v) is 3.27. The molecule has 1 aliphatic heterocycles. The number of anilines is 1. The lowest BCUT2D eigenvalue weighted by Gasteiger charge is -2.32. The van der Waals surface area contributed by atoms with Crippen LogP contribution in [0.3, 0.4) is 0 Å². The third kappa shape index (κ3) is 4.39. The Morgan fingerprint density at radius 3 is 2.71 bits per heavy atom. The van der Waals surface area contributed by atoms with Crippen LogP contribution in [-0.4, -0.2) is 52.2 Å². The summed E-state index contributed by atoms with van der Waals surface area (Å²) < 4.78 is 32.6. The van der Waals surface area contributed by atoms with Crippen LogP contribution in [0.2, 0.25) is 0 Å². The molecule has 1 aromatic carbocycles. The zero-order chi connectivity index (χ0) is 15.3. The monoisotopic (exact) mass is 314 g/mol. The molecular weight excluding hydrogens is 292 g/mol. The number of nitrogens with zero attached hydrogens (tertiary/aromatic N) is 1. The summed E-state index contributed by atoms with van der Waals surface area (Å²) in [7, 11) is -3.53. The van der Waals surface area contributed by atoms with Crippen molar-refractivity contribution in [1.82, 2.24) is 9.62 Å². The largest absolute Gasteiger partial charge is 0.374 e. The summed E-state index contributed by atoms with van der Waals surface area (Å²) >= 11 is 0. The molecule has 0 aliphatic carbocycles. The lowest BCUT2D eigenvalue weighted by atomic mass is 10.3. The standard InChI is InChI=1S/C13H22N4O3S/c1-2-17-7-8-20-12(10-17)9-15-21(18,19)13-5-3-11(16-14)4-6-13/h3-6,12,15-16H,2,7-10,14H2,1H3. The van der Waals surface area contributed by atoms with Gasteiger partial charge in [-0.15, -0.1) is 0 Å². The lowest BCUT2D eigenvalue weighted by molar-refractivity contribution is -0.0229. The van der Waals surface area contributed by atoms with Gasteiger partial charge in [0.25, 0.3) is 0 Å². The normalized spacial score (nSPS) is 20.4. The number of sulfonamides is 1. The second kappa shape index (κ2) is 7.19. The van der Waals surface area contributed by atoms with Gasteiger partial charge >= 0.3 is 0 Å². The molecule has 1 aromatic rings. The first-order chi connectivity index (χ1) is 10.0. The summed E-state index contributed by atoms with van der Waals surface area (Å²) in [5, 5.41) is 0. The molecule has 1 atom stereocenters. The number of nitrogen functional groups attached to an aromatic ring is 1. The van der Waals surface area contributed by atoms with Crippen molar-refractivity contribution in [3.05, 3.63) is 24.3 Å². The van der Waals surface area contributed by atoms with E-state index in [0.29, 0.717) is 12.3 Å². The van der Waals surface area contributed by atoms with E-state index in [1.165, 1.54) is 12.1 Å². The summed E-state index contributed by atoms with van der Waals surface area (Å²) in [5.41, 5.74) is 3.12. The number of nitrogens with two attached hydrogens (primary N) is 1. The Balaban J connectivity index is 1.94. The first kappa shape index (κ1) is 16.2. The number of ether oxygens (including phenoxy) is 1. The van der Waals surface area contributed by atoms with Gasteiger partial charge in [-0.3, -0.25) is 10.7 Å². The number of morpholine rings is 1. The van der Waals surface area contributed by atoms with E-state index in [2.05, 4.69) is 22.0 Å². The Bertz CT molecular complexity index is 547. The molecule has 0 spiro atoms. The van der Waals surface area contributed by atoms with E-state index in [0.717, 1.165) is 19.6 Å². The molecule has 4 N–H and O–H groups in total. The maximum atomic E-state index is 12.2. The maximum absolute atomic E-state index is 12.2. The van der Waals surface area contributed by atoms with Gasteiger partial charge in [-0.2, -0.15) is 0 Å². The second-order valence-electron chi connectivity index (χ2n) is 4.91. The molecule has 0 saturated carbocycles. The summed E-state index contributed by atoms with van der Waals surface area (Å²) in [6.45, 7) is 5.58. The summed E-state index contributed by atoms with van der Waals surface area (Å²) in [6, 6.07) is 6.25. The van der Waals surface area contributed by atoms with Gasteiger partial charge < -0.3 is 10.2 Å². The molecule has 0 bridgehead atoms. The Kier molecular flexibility index (Phi) is 5.54. The molecule has 1 heterocycles. The maximum Gasteiger partial charge on any atom is 0.240 e. The third-order valence-corrected chi connectivity index (χ3v) is 4.94. The highest BCUT2D eigenvalue weighted by atomic mass is 32.2. The van der Waals surface area contributed by atoms with E-state index < -0.39 is 10.0 Å². The van der Waals surface area contributed by atoms with Gasteiger partial charge in [0.15, 0.2) is 0 Å². The molecule has 1 saturated heterocycles. The van der Waals surface area contributed by atoms with Crippen LogP contribution < -0.4 is 16.0 Å². The Hall–Kier alpha value is -1.19. The average molecular weight is 314 g/mol. The van der Waals surface area contributed by atoms with Gasteiger partial charge in [0.2, 0.25) is 10.0 Å². The van der Waals surface area contributed by atoms with E-state index in [4.69, 9.17) is 10.6 Å². The zero-order valence-electron chi connectivity index (χ0n) is 12.1. The Labute approximate surface area is 125 Å². The van der Waals surface area contributed by atoms with E-state index in [1.807, 2.05) is 0 Å². The predicted molar refractivity (Wildman–Crippen MR) is 81.3 cm³/mol. The van der Waals surface area contributed by atoms with Crippen molar-refractivity contribution in [3.8, 4) is 0 Å². The highest BCUT2D eigenvalue weighted by Gasteiger charge is 2.22. The quantitative estimate of drug-likeness (QED) is 0.504. The van der Waals surface area contributed by atoms with Crippen molar-refractivity contribution < 1.29 is 13.2 Å². The molecule has 1 unspecified atom stereocenters. The van der Waals surface area contributed by atoms with Gasteiger partial charge in [0, 0.05) is 25.3 Å². The molecule has 0 radical (unpaired) electrons. The molecule has 2 rings (SSSR count). The predicted octanol–water partition coefficient (Wildman–Crippen LogP) is -0.0288. The van der Waals surface area contributed by atoms with Gasteiger partial charge in [0.1, 0.15) is 0 Å². The topological polar surface area (TPSA) is 96.7 Å². The first-order valence-corrected chi connectivity index (χ1v) is 8.44. The average Bonchev–Trinajstić information content (AvgIpc) is 2.53. The first-order valence-electron chi connectivity index (χ1n) is 6.95. The van der Waals surface area contributed by atoms with Gasteiger partial charge in [0.05, 0.1) is 17.6 Å². The van der Waals surface area contributed by atoms with Gasteiger partial charge in [-0.25, -0.2) is 13.1 Å². The molecule has 7 nitrogen and oxygen atoms in total. The van der Waals surface area contributed by atoms with Crippen LogP contribution in [0.4, 0.5) is 5.69 Å². The van der Waals surface area contributed by atoms with Gasteiger partial charge in [-0.05, 0) is 30.8 Å². The van der Waals surface area contributed by atoms with Crippen molar-refractivity contribution >= 4 is 15.7 Å². The van der Waals surface area contributed by atoms with Crippen molar-refractivity contribution in [1.29, 1.82) is 0 Å². The highest BCUT2D eigenvalue weighted by molar-refractivity contribution is 7.89. The van der Waals surface area contributed by atoms with E-state index >= 15 is 0 Å². The number of hydrogen-bond donors (Lipinski definition) is 3. The Morgan fingerprint density at radius 2 is 2.10 bits per heavy atom. The number of hydrazine groups is 1. The molecule has 0 amide bonds. The number of nitrogens with one attached hydrogen (secondary N) is 2. The minimum atomic E-state index is -3.53. The van der Waals surface area contributed by atoms with Crippen LogP contribution in [0.15, 0.2) is 29.2 Å². The van der Waals surface area contributed by atoms with E-state index in [-0.39, 0.29) is 17.5 Å². The van der Waals surface area contributed by atoms with Crippen LogP contribution in [0.1, 0.15) is 6.92 Å². The highest BCUT2D eigenvalue weighted by Crippen LogP contribution is 2.13. The summed E-state index contributed by atoms with van der Waals surface area (Å²) in [4.78, 5) is 2.45.